The highest BCUT2D eigenvalue weighted by Crippen LogP contribution is 2.50. The summed E-state index contributed by atoms with van der Waals surface area (Å²) in [5.74, 6) is 0. The SMILES string of the molecule is c1ccc(-c2c3ccccc3c(-c3c4ccccc4c(-c4ccc5c(c4)oc4c6ccccc6ccc54)c4ccccc34)c3ccccc23)cc1. The highest BCUT2D eigenvalue weighted by atomic mass is 16.3. The number of benzene rings is 10. The maximum atomic E-state index is 6.69. The van der Waals surface area contributed by atoms with Crippen molar-refractivity contribution in [1.82, 2.24) is 0 Å². The van der Waals surface area contributed by atoms with Crippen LogP contribution >= 0.6 is 0 Å². The second-order valence-electron chi connectivity index (χ2n) is 13.5. The van der Waals surface area contributed by atoms with E-state index in [4.69, 9.17) is 4.42 Å². The Kier molecular flexibility index (Phi) is 6.02. The number of hydrogen-bond donors (Lipinski definition) is 0. The third-order valence-electron chi connectivity index (χ3n) is 10.8. The van der Waals surface area contributed by atoms with Gasteiger partial charge >= 0.3 is 0 Å². The van der Waals surface area contributed by atoms with E-state index in [1.807, 2.05) is 0 Å². The summed E-state index contributed by atoms with van der Waals surface area (Å²) in [5, 5.41) is 14.6. The molecule has 0 bridgehead atoms. The van der Waals surface area contributed by atoms with E-state index in [-0.39, 0.29) is 0 Å². The zero-order chi connectivity index (χ0) is 33.5. The molecule has 0 spiro atoms. The van der Waals surface area contributed by atoms with E-state index in [2.05, 4.69) is 182 Å². The first-order valence-electron chi connectivity index (χ1n) is 17.6. The van der Waals surface area contributed by atoms with Gasteiger partial charge in [-0.2, -0.15) is 0 Å². The molecule has 0 atom stereocenters. The second kappa shape index (κ2) is 10.9. The molecule has 1 nitrogen and oxygen atoms in total. The van der Waals surface area contributed by atoms with Crippen LogP contribution in [0.3, 0.4) is 0 Å². The number of rotatable bonds is 3. The predicted octanol–water partition coefficient (Wildman–Crippen LogP) is 14.4. The Bertz CT molecular complexity index is 3070. The van der Waals surface area contributed by atoms with Crippen molar-refractivity contribution in [1.29, 1.82) is 0 Å². The third kappa shape index (κ3) is 4.09. The predicted molar refractivity (Wildman–Crippen MR) is 218 cm³/mol. The minimum atomic E-state index is 0.907. The summed E-state index contributed by atoms with van der Waals surface area (Å²) < 4.78 is 6.69. The fraction of sp³-hybridized carbons (Fsp3) is 0. The van der Waals surface area contributed by atoms with Crippen LogP contribution in [0.5, 0.6) is 0 Å². The molecule has 236 valence electrons. The van der Waals surface area contributed by atoms with E-state index in [0.717, 1.165) is 32.9 Å². The third-order valence-corrected chi connectivity index (χ3v) is 10.8. The van der Waals surface area contributed by atoms with Gasteiger partial charge in [0.25, 0.3) is 0 Å². The molecule has 51 heavy (non-hydrogen) atoms. The van der Waals surface area contributed by atoms with Crippen LogP contribution < -0.4 is 0 Å². The smallest absolute Gasteiger partial charge is 0.143 e. The van der Waals surface area contributed by atoms with E-state index < -0.39 is 0 Å². The van der Waals surface area contributed by atoms with Crippen molar-refractivity contribution in [3.8, 4) is 33.4 Å². The first-order chi connectivity index (χ1) is 25.3. The van der Waals surface area contributed by atoms with Crippen molar-refractivity contribution in [2.75, 3.05) is 0 Å². The van der Waals surface area contributed by atoms with Crippen LogP contribution in [0.2, 0.25) is 0 Å². The Balaban J connectivity index is 1.25. The van der Waals surface area contributed by atoms with Crippen LogP contribution in [-0.4, -0.2) is 0 Å². The molecule has 0 N–H and O–H groups in total. The van der Waals surface area contributed by atoms with Crippen LogP contribution in [0.4, 0.5) is 0 Å². The number of furan rings is 1. The van der Waals surface area contributed by atoms with Gasteiger partial charge in [0.15, 0.2) is 0 Å². The summed E-state index contributed by atoms with van der Waals surface area (Å²) in [5.41, 5.74) is 9.30. The molecule has 0 fully saturated rings. The van der Waals surface area contributed by atoms with E-state index in [1.54, 1.807) is 0 Å². The lowest BCUT2D eigenvalue weighted by Gasteiger charge is -2.22. The van der Waals surface area contributed by atoms with Gasteiger partial charge in [-0.15, -0.1) is 0 Å². The van der Waals surface area contributed by atoms with Gasteiger partial charge in [0.05, 0.1) is 0 Å². The highest BCUT2D eigenvalue weighted by molar-refractivity contribution is 6.30. The van der Waals surface area contributed by atoms with Gasteiger partial charge in [0.2, 0.25) is 0 Å². The van der Waals surface area contributed by atoms with Gasteiger partial charge in [-0.25, -0.2) is 0 Å². The second-order valence-corrected chi connectivity index (χ2v) is 13.5. The van der Waals surface area contributed by atoms with Crippen LogP contribution in [0, 0.1) is 0 Å². The molecule has 0 amide bonds. The highest BCUT2D eigenvalue weighted by Gasteiger charge is 2.22. The first-order valence-corrected chi connectivity index (χ1v) is 17.6. The quantitative estimate of drug-likeness (QED) is 0.174. The van der Waals surface area contributed by atoms with Gasteiger partial charge in [0, 0.05) is 16.2 Å². The number of fused-ring (bicyclic) bond motifs is 9. The largest absolute Gasteiger partial charge is 0.455 e. The molecule has 0 unspecified atom stereocenters. The minimum Gasteiger partial charge on any atom is -0.455 e. The lowest BCUT2D eigenvalue weighted by molar-refractivity contribution is 0.673. The Labute approximate surface area is 294 Å². The molecular formula is C50H30O. The standard InChI is InChI=1S/C50H30O/c1-2-15-32(16-3-1)46-36-18-6-10-22-40(36)48(41-23-11-7-19-37(41)46)49-42-24-12-8-20-38(42)47(39-21-9-13-25-43(39)49)33-27-28-35-44-29-26-31-14-4-5-17-34(31)50(44)51-45(35)30-33/h1-30H. The Hall–Kier alpha value is -6.70. The van der Waals surface area contributed by atoms with Gasteiger partial charge in [-0.05, 0) is 100 Å². The van der Waals surface area contributed by atoms with Crippen molar-refractivity contribution in [2.45, 2.75) is 0 Å². The Morgan fingerprint density at radius 2 is 0.667 bits per heavy atom. The molecule has 1 heterocycles. The van der Waals surface area contributed by atoms with Gasteiger partial charge in [-0.3, -0.25) is 0 Å². The fourth-order valence-corrected chi connectivity index (χ4v) is 8.68. The molecule has 0 saturated heterocycles. The average molecular weight is 647 g/mol. The summed E-state index contributed by atoms with van der Waals surface area (Å²) in [4.78, 5) is 0. The molecule has 0 saturated carbocycles. The van der Waals surface area contributed by atoms with E-state index in [0.29, 0.717) is 0 Å². The summed E-state index contributed by atoms with van der Waals surface area (Å²) in [7, 11) is 0. The van der Waals surface area contributed by atoms with Crippen LogP contribution in [-0.2, 0) is 0 Å². The van der Waals surface area contributed by atoms with Crippen molar-refractivity contribution in [3.05, 3.63) is 182 Å². The Morgan fingerprint density at radius 1 is 0.255 bits per heavy atom. The molecule has 11 rings (SSSR count). The lowest BCUT2D eigenvalue weighted by Crippen LogP contribution is -1.94. The fourth-order valence-electron chi connectivity index (χ4n) is 8.68. The van der Waals surface area contributed by atoms with Gasteiger partial charge in [-0.1, -0.05) is 164 Å². The minimum absolute atomic E-state index is 0.907. The van der Waals surface area contributed by atoms with Gasteiger partial charge in [0.1, 0.15) is 11.2 Å². The van der Waals surface area contributed by atoms with Crippen LogP contribution in [0.15, 0.2) is 186 Å². The normalized spacial score (nSPS) is 11.9. The number of hydrogen-bond acceptors (Lipinski definition) is 1. The van der Waals surface area contributed by atoms with Crippen molar-refractivity contribution < 1.29 is 4.42 Å². The topological polar surface area (TPSA) is 13.1 Å². The average Bonchev–Trinajstić information content (AvgIpc) is 3.58. The first kappa shape index (κ1) is 28.2. The van der Waals surface area contributed by atoms with E-state index in [1.165, 1.54) is 76.3 Å². The van der Waals surface area contributed by atoms with Crippen molar-refractivity contribution >= 4 is 75.8 Å². The summed E-state index contributed by atoms with van der Waals surface area (Å²) in [6.45, 7) is 0. The van der Waals surface area contributed by atoms with Crippen molar-refractivity contribution in [3.63, 3.8) is 0 Å². The molecule has 0 aliphatic carbocycles. The summed E-state index contributed by atoms with van der Waals surface area (Å²) in [6.07, 6.45) is 0. The van der Waals surface area contributed by atoms with Crippen LogP contribution in [0.25, 0.3) is 109 Å². The Morgan fingerprint density at radius 3 is 1.20 bits per heavy atom. The zero-order valence-corrected chi connectivity index (χ0v) is 27.7. The van der Waals surface area contributed by atoms with E-state index >= 15 is 0 Å². The molecule has 0 aliphatic rings. The molecule has 1 aromatic heterocycles. The molecule has 0 radical (unpaired) electrons. The molecule has 11 aromatic rings. The molecular weight excluding hydrogens is 617 g/mol. The van der Waals surface area contributed by atoms with E-state index in [9.17, 15) is 0 Å². The zero-order valence-electron chi connectivity index (χ0n) is 27.7. The van der Waals surface area contributed by atoms with Gasteiger partial charge < -0.3 is 4.42 Å². The monoisotopic (exact) mass is 646 g/mol. The van der Waals surface area contributed by atoms with Crippen molar-refractivity contribution in [2.24, 2.45) is 0 Å². The summed E-state index contributed by atoms with van der Waals surface area (Å²) in [6, 6.07) is 66.2. The summed E-state index contributed by atoms with van der Waals surface area (Å²) >= 11 is 0. The maximum Gasteiger partial charge on any atom is 0.143 e. The molecule has 1 heteroatoms. The van der Waals surface area contributed by atoms with Crippen LogP contribution in [0.1, 0.15) is 0 Å². The molecule has 10 aromatic carbocycles. The maximum absolute atomic E-state index is 6.69. The lowest BCUT2D eigenvalue weighted by atomic mass is 9.81. The molecule has 0 aliphatic heterocycles.